The molecule has 30 heavy (non-hydrogen) atoms. The van der Waals surface area contributed by atoms with Gasteiger partial charge in [0.15, 0.2) is 0 Å². The maximum atomic E-state index is 10.3. The Hall–Kier alpha value is -0.900. The van der Waals surface area contributed by atoms with Gasteiger partial charge in [0.1, 0.15) is 0 Å². The first kappa shape index (κ1) is 23.8. The molecule has 0 aromatic rings. The van der Waals surface area contributed by atoms with Crippen LogP contribution in [0, 0.1) is 29.1 Å². The zero-order valence-corrected chi connectivity index (χ0v) is 19.6. The molecule has 3 rings (SSSR count). The molecule has 0 spiro atoms. The van der Waals surface area contributed by atoms with Crippen LogP contribution >= 0.6 is 0 Å². The Balaban J connectivity index is 1.72. The number of rotatable bonds is 6. The van der Waals surface area contributed by atoms with Crippen molar-refractivity contribution in [3.8, 4) is 0 Å². The lowest BCUT2D eigenvalue weighted by molar-refractivity contribution is 0.0717. The Morgan fingerprint density at radius 2 is 1.87 bits per heavy atom. The molecule has 1 unspecified atom stereocenters. The van der Waals surface area contributed by atoms with Crippen LogP contribution in [0.2, 0.25) is 0 Å². The van der Waals surface area contributed by atoms with Gasteiger partial charge in [-0.3, -0.25) is 0 Å². The van der Waals surface area contributed by atoms with Crippen molar-refractivity contribution in [3.63, 3.8) is 0 Å². The van der Waals surface area contributed by atoms with E-state index >= 15 is 0 Å². The van der Waals surface area contributed by atoms with Gasteiger partial charge in [0, 0.05) is 6.42 Å². The topological polar surface area (TPSA) is 60.7 Å². The van der Waals surface area contributed by atoms with E-state index in [2.05, 4.69) is 46.4 Å². The third kappa shape index (κ3) is 4.95. The fourth-order valence-electron chi connectivity index (χ4n) is 6.65. The molecule has 0 heterocycles. The van der Waals surface area contributed by atoms with Crippen LogP contribution in [0.4, 0.5) is 0 Å². The highest BCUT2D eigenvalue weighted by atomic mass is 16.3. The Labute approximate surface area is 184 Å². The molecule has 0 aliphatic heterocycles. The molecule has 7 atom stereocenters. The number of aliphatic hydroxyl groups is 3. The number of fused-ring (bicyclic) bond motifs is 1. The maximum absolute atomic E-state index is 10.3. The van der Waals surface area contributed by atoms with Crippen LogP contribution in [0.3, 0.4) is 0 Å². The SMILES string of the molecule is C=C1C(=CC=C2CCC[C@]3(C)[C@@H]([C@H](C)CCC(O)C(C)C)CC[C@@H]23)C[C@@H](O)C[C@@H]1O. The number of hydrogen-bond donors (Lipinski definition) is 3. The normalized spacial score (nSPS) is 39.5. The smallest absolute Gasteiger partial charge is 0.0811 e. The summed E-state index contributed by atoms with van der Waals surface area (Å²) in [6.07, 6.45) is 12.4. The highest BCUT2D eigenvalue weighted by Crippen LogP contribution is 2.60. The summed E-state index contributed by atoms with van der Waals surface area (Å²) in [5, 5.41) is 30.4. The second-order valence-corrected chi connectivity index (χ2v) is 11.0. The van der Waals surface area contributed by atoms with E-state index in [1.54, 1.807) is 5.57 Å². The molecule has 3 aliphatic rings. The molecule has 0 aromatic heterocycles. The summed E-state index contributed by atoms with van der Waals surface area (Å²) in [6, 6.07) is 0. The number of aliphatic hydroxyl groups excluding tert-OH is 3. The number of allylic oxidation sites excluding steroid dienone is 3. The molecule has 0 aromatic carbocycles. The van der Waals surface area contributed by atoms with Crippen LogP contribution in [0.25, 0.3) is 0 Å². The van der Waals surface area contributed by atoms with E-state index in [1.165, 1.54) is 25.7 Å². The van der Waals surface area contributed by atoms with Crippen molar-refractivity contribution in [2.45, 2.75) is 104 Å². The largest absolute Gasteiger partial charge is 0.393 e. The summed E-state index contributed by atoms with van der Waals surface area (Å²) in [7, 11) is 0. The van der Waals surface area contributed by atoms with Gasteiger partial charge in [-0.15, -0.1) is 0 Å². The second-order valence-electron chi connectivity index (χ2n) is 11.0. The van der Waals surface area contributed by atoms with Crippen molar-refractivity contribution in [2.24, 2.45) is 29.1 Å². The minimum Gasteiger partial charge on any atom is -0.393 e. The van der Waals surface area contributed by atoms with Gasteiger partial charge < -0.3 is 15.3 Å². The van der Waals surface area contributed by atoms with Gasteiger partial charge in [0.2, 0.25) is 0 Å². The predicted octanol–water partition coefficient (Wildman–Crippen LogP) is 5.56. The standard InChI is InChI=1S/C27H44O3/c1-17(2)25(29)13-8-18(3)23-11-12-24-20(7-6-14-27(23,24)5)9-10-21-15-22(28)16-26(30)19(21)4/h9-10,17-18,22-26,28-30H,4,6-8,11-16H2,1-3,5H3/t18-,22-,23-,24+,25?,26+,27-/m1/s1. The zero-order chi connectivity index (χ0) is 22.1. The molecular formula is C27H44O3. The van der Waals surface area contributed by atoms with Crippen LogP contribution < -0.4 is 0 Å². The molecule has 0 amide bonds. The third-order valence-corrected chi connectivity index (χ3v) is 8.68. The lowest BCUT2D eigenvalue weighted by Crippen LogP contribution is -2.36. The summed E-state index contributed by atoms with van der Waals surface area (Å²) in [5.41, 5.74) is 3.69. The summed E-state index contributed by atoms with van der Waals surface area (Å²) in [5.74, 6) is 2.35. The van der Waals surface area contributed by atoms with Gasteiger partial charge in [-0.05, 0) is 91.6 Å². The van der Waals surface area contributed by atoms with Crippen molar-refractivity contribution >= 4 is 0 Å². The van der Waals surface area contributed by atoms with E-state index in [0.29, 0.717) is 36.0 Å². The molecule has 3 nitrogen and oxygen atoms in total. The molecule has 170 valence electrons. The lowest BCUT2D eigenvalue weighted by Gasteiger charge is -2.44. The first-order valence-corrected chi connectivity index (χ1v) is 12.3. The molecule has 3 saturated carbocycles. The molecule has 3 N–H and O–H groups in total. The van der Waals surface area contributed by atoms with Gasteiger partial charge in [0.05, 0.1) is 18.3 Å². The fraction of sp³-hybridized carbons (Fsp3) is 0.778. The molecule has 0 saturated heterocycles. The van der Waals surface area contributed by atoms with Gasteiger partial charge in [-0.2, -0.15) is 0 Å². The average Bonchev–Trinajstić information content (AvgIpc) is 3.04. The first-order chi connectivity index (χ1) is 14.1. The van der Waals surface area contributed by atoms with Crippen LogP contribution in [0.15, 0.2) is 35.5 Å². The van der Waals surface area contributed by atoms with Crippen molar-refractivity contribution in [3.05, 3.63) is 35.5 Å². The molecule has 0 radical (unpaired) electrons. The molecule has 0 bridgehead atoms. The van der Waals surface area contributed by atoms with Crippen LogP contribution in [0.1, 0.15) is 85.5 Å². The molecular weight excluding hydrogens is 372 g/mol. The minimum absolute atomic E-state index is 0.180. The average molecular weight is 417 g/mol. The van der Waals surface area contributed by atoms with E-state index in [9.17, 15) is 15.3 Å². The lowest BCUT2D eigenvalue weighted by atomic mass is 9.60. The highest BCUT2D eigenvalue weighted by molar-refractivity contribution is 5.38. The monoisotopic (exact) mass is 416 g/mol. The van der Waals surface area contributed by atoms with Crippen molar-refractivity contribution in [1.29, 1.82) is 0 Å². The Bertz CT molecular complexity index is 676. The van der Waals surface area contributed by atoms with E-state index in [0.717, 1.165) is 36.3 Å². The van der Waals surface area contributed by atoms with Crippen LogP contribution in [-0.4, -0.2) is 33.6 Å². The summed E-state index contributed by atoms with van der Waals surface area (Å²) >= 11 is 0. The quantitative estimate of drug-likeness (QED) is 0.531. The van der Waals surface area contributed by atoms with Crippen molar-refractivity contribution in [1.82, 2.24) is 0 Å². The fourth-order valence-corrected chi connectivity index (χ4v) is 6.65. The summed E-state index contributed by atoms with van der Waals surface area (Å²) in [6.45, 7) is 13.2. The van der Waals surface area contributed by atoms with E-state index in [4.69, 9.17) is 0 Å². The first-order valence-electron chi connectivity index (χ1n) is 12.3. The van der Waals surface area contributed by atoms with Crippen molar-refractivity contribution in [2.75, 3.05) is 0 Å². The minimum atomic E-state index is -0.618. The number of hydrogen-bond acceptors (Lipinski definition) is 3. The van der Waals surface area contributed by atoms with Gasteiger partial charge in [0.25, 0.3) is 0 Å². The zero-order valence-electron chi connectivity index (χ0n) is 19.6. The van der Waals surface area contributed by atoms with E-state index < -0.39 is 12.2 Å². The Morgan fingerprint density at radius 1 is 1.13 bits per heavy atom. The Kier molecular flexibility index (Phi) is 7.69. The van der Waals surface area contributed by atoms with Crippen LogP contribution in [0.5, 0.6) is 0 Å². The molecule has 3 aliphatic carbocycles. The van der Waals surface area contributed by atoms with Crippen molar-refractivity contribution < 1.29 is 15.3 Å². The van der Waals surface area contributed by atoms with Crippen LogP contribution in [-0.2, 0) is 0 Å². The third-order valence-electron chi connectivity index (χ3n) is 8.68. The van der Waals surface area contributed by atoms with Gasteiger partial charge in [-0.25, -0.2) is 0 Å². The summed E-state index contributed by atoms with van der Waals surface area (Å²) in [4.78, 5) is 0. The molecule has 3 heteroatoms. The van der Waals surface area contributed by atoms with Gasteiger partial charge in [-0.1, -0.05) is 52.0 Å². The van der Waals surface area contributed by atoms with Gasteiger partial charge >= 0.3 is 0 Å². The maximum Gasteiger partial charge on any atom is 0.0811 e. The Morgan fingerprint density at radius 3 is 2.57 bits per heavy atom. The molecule has 3 fully saturated rings. The van der Waals surface area contributed by atoms with E-state index in [-0.39, 0.29) is 6.10 Å². The second kappa shape index (κ2) is 9.71. The predicted molar refractivity (Wildman–Crippen MR) is 124 cm³/mol. The summed E-state index contributed by atoms with van der Waals surface area (Å²) < 4.78 is 0. The van der Waals surface area contributed by atoms with E-state index in [1.807, 2.05) is 0 Å². The highest BCUT2D eigenvalue weighted by Gasteiger charge is 2.50.